The van der Waals surface area contributed by atoms with Crippen molar-refractivity contribution < 1.29 is 18.0 Å². The molecule has 122 valence electrons. The molecule has 1 aromatic rings. The summed E-state index contributed by atoms with van der Waals surface area (Å²) in [7, 11) is -3.20. The second-order valence-corrected chi connectivity index (χ2v) is 7.89. The van der Waals surface area contributed by atoms with Crippen molar-refractivity contribution in [2.75, 3.05) is 37.8 Å². The molecule has 0 aromatic carbocycles. The van der Waals surface area contributed by atoms with Gasteiger partial charge in [0, 0.05) is 38.5 Å². The van der Waals surface area contributed by atoms with Crippen LogP contribution in [-0.4, -0.2) is 66.9 Å². The number of aromatic nitrogens is 1. The quantitative estimate of drug-likeness (QED) is 0.810. The molecular weight excluding hydrogens is 328 g/mol. The molecule has 0 bridgehead atoms. The van der Waals surface area contributed by atoms with Crippen LogP contribution in [-0.2, 0) is 26.0 Å². The lowest BCUT2D eigenvalue weighted by Crippen LogP contribution is -2.50. The van der Waals surface area contributed by atoms with E-state index in [0.29, 0.717) is 37.0 Å². The molecule has 0 aliphatic carbocycles. The van der Waals surface area contributed by atoms with Gasteiger partial charge in [-0.05, 0) is 0 Å². The van der Waals surface area contributed by atoms with E-state index in [1.807, 2.05) is 0 Å². The first-order valence-electron chi connectivity index (χ1n) is 6.70. The molecule has 1 aromatic heterocycles. The normalized spacial score (nSPS) is 16.5. The summed E-state index contributed by atoms with van der Waals surface area (Å²) in [6, 6.07) is 0. The van der Waals surface area contributed by atoms with Crippen LogP contribution >= 0.6 is 11.3 Å². The van der Waals surface area contributed by atoms with E-state index >= 15 is 0 Å². The Hall–Kier alpha value is -1.52. The van der Waals surface area contributed by atoms with Crippen LogP contribution in [0.2, 0.25) is 0 Å². The van der Waals surface area contributed by atoms with E-state index in [1.54, 1.807) is 10.3 Å². The van der Waals surface area contributed by atoms with Gasteiger partial charge in [-0.3, -0.25) is 9.59 Å². The van der Waals surface area contributed by atoms with Crippen LogP contribution in [0, 0.1) is 0 Å². The van der Waals surface area contributed by atoms with E-state index in [0.717, 1.165) is 0 Å². The van der Waals surface area contributed by atoms with Crippen LogP contribution < -0.4 is 5.32 Å². The van der Waals surface area contributed by atoms with E-state index in [9.17, 15) is 18.0 Å². The van der Waals surface area contributed by atoms with Gasteiger partial charge in [0.05, 0.1) is 18.4 Å². The van der Waals surface area contributed by atoms with Crippen molar-refractivity contribution in [2.24, 2.45) is 0 Å². The zero-order valence-electron chi connectivity index (χ0n) is 12.4. The van der Waals surface area contributed by atoms with Crippen LogP contribution in [0.5, 0.6) is 0 Å². The second-order valence-electron chi connectivity index (χ2n) is 5.04. The fourth-order valence-corrected chi connectivity index (χ4v) is 3.71. The Morgan fingerprint density at radius 1 is 1.32 bits per heavy atom. The molecule has 22 heavy (non-hydrogen) atoms. The predicted molar refractivity (Wildman–Crippen MR) is 83.1 cm³/mol. The number of hydrogen-bond donors (Lipinski definition) is 1. The number of nitrogens with zero attached hydrogens (tertiary/aromatic N) is 3. The summed E-state index contributed by atoms with van der Waals surface area (Å²) < 4.78 is 24.2. The summed E-state index contributed by atoms with van der Waals surface area (Å²) >= 11 is 1.27. The Bertz CT molecular complexity index is 662. The number of carbonyl (C=O) groups excluding carboxylic acids is 2. The van der Waals surface area contributed by atoms with E-state index in [2.05, 4.69) is 10.3 Å². The molecule has 0 atom stereocenters. The molecule has 1 fully saturated rings. The summed E-state index contributed by atoms with van der Waals surface area (Å²) in [4.78, 5) is 28.9. The molecular formula is C12H18N4O4S2. The van der Waals surface area contributed by atoms with Crippen molar-refractivity contribution in [2.45, 2.75) is 13.3 Å². The summed E-state index contributed by atoms with van der Waals surface area (Å²) in [5.74, 6) is -0.294. The monoisotopic (exact) mass is 346 g/mol. The van der Waals surface area contributed by atoms with Gasteiger partial charge in [0.1, 0.15) is 0 Å². The molecule has 0 unspecified atom stereocenters. The standard InChI is InChI=1S/C12H18N4O4S2/c1-9(17)13-12-14-10(8-21-12)7-11(18)15-3-5-16(6-4-15)22(2,19)20/h8H,3-7H2,1-2H3,(H,13,14,17). The summed E-state index contributed by atoms with van der Waals surface area (Å²) in [6.07, 6.45) is 1.32. The van der Waals surface area contributed by atoms with Gasteiger partial charge in [0.25, 0.3) is 0 Å². The van der Waals surface area contributed by atoms with Gasteiger partial charge in [0.15, 0.2) is 5.13 Å². The first kappa shape index (κ1) is 16.8. The van der Waals surface area contributed by atoms with E-state index in [1.165, 1.54) is 28.8 Å². The van der Waals surface area contributed by atoms with Crippen LogP contribution in [0.1, 0.15) is 12.6 Å². The highest BCUT2D eigenvalue weighted by atomic mass is 32.2. The van der Waals surface area contributed by atoms with Gasteiger partial charge in [0.2, 0.25) is 21.8 Å². The van der Waals surface area contributed by atoms with Crippen LogP contribution in [0.25, 0.3) is 0 Å². The fourth-order valence-electron chi connectivity index (χ4n) is 2.13. The van der Waals surface area contributed by atoms with Crippen molar-refractivity contribution in [3.05, 3.63) is 11.1 Å². The average molecular weight is 346 g/mol. The number of carbonyl (C=O) groups is 2. The van der Waals surface area contributed by atoms with E-state index in [-0.39, 0.29) is 18.2 Å². The number of hydrogen-bond acceptors (Lipinski definition) is 6. The van der Waals surface area contributed by atoms with Crippen molar-refractivity contribution in [1.29, 1.82) is 0 Å². The third-order valence-electron chi connectivity index (χ3n) is 3.23. The number of nitrogens with one attached hydrogen (secondary N) is 1. The molecule has 0 saturated carbocycles. The second kappa shape index (κ2) is 6.71. The molecule has 2 amide bonds. The minimum absolute atomic E-state index is 0.0900. The van der Waals surface area contributed by atoms with Crippen LogP contribution in [0.4, 0.5) is 5.13 Å². The molecule has 10 heteroatoms. The molecule has 1 aliphatic heterocycles. The van der Waals surface area contributed by atoms with Crippen molar-refractivity contribution in [3.8, 4) is 0 Å². The number of sulfonamides is 1. The molecule has 1 aliphatic rings. The minimum atomic E-state index is -3.20. The highest BCUT2D eigenvalue weighted by molar-refractivity contribution is 7.88. The zero-order chi connectivity index (χ0) is 16.3. The Kier molecular flexibility index (Phi) is 5.14. The lowest BCUT2D eigenvalue weighted by Gasteiger charge is -2.33. The van der Waals surface area contributed by atoms with Crippen molar-refractivity contribution in [1.82, 2.24) is 14.2 Å². The van der Waals surface area contributed by atoms with E-state index < -0.39 is 10.0 Å². The van der Waals surface area contributed by atoms with Crippen molar-refractivity contribution >= 4 is 38.3 Å². The molecule has 1 N–H and O–H groups in total. The largest absolute Gasteiger partial charge is 0.340 e. The predicted octanol–water partition coefficient (Wildman–Crippen LogP) is -0.252. The SMILES string of the molecule is CC(=O)Nc1nc(CC(=O)N2CCN(S(C)(=O)=O)CC2)cs1. The Balaban J connectivity index is 1.88. The molecule has 2 heterocycles. The Labute approximate surface area is 133 Å². The smallest absolute Gasteiger partial charge is 0.228 e. The topological polar surface area (TPSA) is 99.7 Å². The highest BCUT2D eigenvalue weighted by Gasteiger charge is 2.26. The summed E-state index contributed by atoms with van der Waals surface area (Å²) in [5.41, 5.74) is 0.601. The van der Waals surface area contributed by atoms with Crippen LogP contribution in [0.15, 0.2) is 5.38 Å². The third kappa shape index (κ3) is 4.49. The molecule has 2 rings (SSSR count). The van der Waals surface area contributed by atoms with E-state index in [4.69, 9.17) is 0 Å². The lowest BCUT2D eigenvalue weighted by molar-refractivity contribution is -0.131. The first-order chi connectivity index (χ1) is 10.3. The number of rotatable bonds is 4. The number of thiazole rings is 1. The first-order valence-corrected chi connectivity index (χ1v) is 9.43. The van der Waals surface area contributed by atoms with Gasteiger partial charge in [-0.2, -0.15) is 4.31 Å². The zero-order valence-corrected chi connectivity index (χ0v) is 14.0. The Morgan fingerprint density at radius 2 is 1.95 bits per heavy atom. The maximum Gasteiger partial charge on any atom is 0.228 e. The van der Waals surface area contributed by atoms with Gasteiger partial charge in [-0.15, -0.1) is 11.3 Å². The third-order valence-corrected chi connectivity index (χ3v) is 5.34. The van der Waals surface area contributed by atoms with Crippen molar-refractivity contribution in [3.63, 3.8) is 0 Å². The van der Waals surface area contributed by atoms with Gasteiger partial charge in [-0.1, -0.05) is 0 Å². The van der Waals surface area contributed by atoms with Gasteiger partial charge >= 0.3 is 0 Å². The molecule has 8 nitrogen and oxygen atoms in total. The van der Waals surface area contributed by atoms with Gasteiger partial charge < -0.3 is 10.2 Å². The number of piperazine rings is 1. The minimum Gasteiger partial charge on any atom is -0.340 e. The fraction of sp³-hybridized carbons (Fsp3) is 0.583. The Morgan fingerprint density at radius 3 is 2.50 bits per heavy atom. The lowest BCUT2D eigenvalue weighted by atomic mass is 10.2. The number of anilines is 1. The summed E-state index contributed by atoms with van der Waals surface area (Å²) in [5, 5.41) is 4.77. The maximum atomic E-state index is 12.2. The highest BCUT2D eigenvalue weighted by Crippen LogP contribution is 2.16. The maximum absolute atomic E-state index is 12.2. The molecule has 0 radical (unpaired) electrons. The van der Waals surface area contributed by atoms with Gasteiger partial charge in [-0.25, -0.2) is 13.4 Å². The summed E-state index contributed by atoms with van der Waals surface area (Å²) in [6.45, 7) is 2.80. The number of amides is 2. The molecule has 1 saturated heterocycles. The average Bonchev–Trinajstić information content (AvgIpc) is 2.84. The van der Waals surface area contributed by atoms with Crippen LogP contribution in [0.3, 0.4) is 0 Å². The molecule has 0 spiro atoms.